The van der Waals surface area contributed by atoms with Crippen molar-refractivity contribution in [1.29, 1.82) is 5.26 Å². The molecule has 0 atom stereocenters. The van der Waals surface area contributed by atoms with Crippen molar-refractivity contribution < 1.29 is 9.47 Å². The quantitative estimate of drug-likeness (QED) is 0.716. The largest absolute Gasteiger partial charge is 0.495 e. The highest BCUT2D eigenvalue weighted by Crippen LogP contribution is 2.19. The number of hydrogen-bond donors (Lipinski definition) is 1. The molecule has 0 aliphatic carbocycles. The molecule has 1 rings (SSSR count). The van der Waals surface area contributed by atoms with Gasteiger partial charge in [0.1, 0.15) is 11.8 Å². The van der Waals surface area contributed by atoms with E-state index in [1.54, 1.807) is 13.2 Å². The molecule has 0 radical (unpaired) electrons. The lowest BCUT2D eigenvalue weighted by Crippen LogP contribution is -2.20. The lowest BCUT2D eigenvalue weighted by molar-refractivity contribution is 0.122. The topological polar surface area (TPSA) is 54.3 Å². The summed E-state index contributed by atoms with van der Waals surface area (Å²) in [4.78, 5) is 0. The molecule has 0 amide bonds. The highest BCUT2D eigenvalue weighted by atomic mass is 16.5. The van der Waals surface area contributed by atoms with Gasteiger partial charge < -0.3 is 14.8 Å². The van der Waals surface area contributed by atoms with Gasteiger partial charge in [0.25, 0.3) is 0 Å². The van der Waals surface area contributed by atoms with Crippen molar-refractivity contribution >= 4 is 0 Å². The number of hydrogen-bond acceptors (Lipinski definition) is 4. The molecule has 98 valence electrons. The van der Waals surface area contributed by atoms with E-state index < -0.39 is 0 Å². The highest BCUT2D eigenvalue weighted by Gasteiger charge is 2.03. The summed E-state index contributed by atoms with van der Waals surface area (Å²) in [6.07, 6.45) is 1.13. The first-order chi connectivity index (χ1) is 8.81. The average molecular weight is 248 g/mol. The summed E-state index contributed by atoms with van der Waals surface area (Å²) in [5, 5.41) is 12.1. The Morgan fingerprint density at radius 1 is 1.33 bits per heavy atom. The number of nitrogens with one attached hydrogen (secondary N) is 1. The van der Waals surface area contributed by atoms with Crippen LogP contribution in [-0.2, 0) is 11.3 Å². The third kappa shape index (κ3) is 4.74. The van der Waals surface area contributed by atoms with Crippen molar-refractivity contribution in [2.75, 3.05) is 26.8 Å². The monoisotopic (exact) mass is 248 g/mol. The molecule has 18 heavy (non-hydrogen) atoms. The van der Waals surface area contributed by atoms with Crippen LogP contribution in [0, 0.1) is 11.3 Å². The summed E-state index contributed by atoms with van der Waals surface area (Å²) < 4.78 is 10.7. The Hall–Kier alpha value is -1.57. The SMILES string of the molecule is CCCNCCOCc1ccc(C#N)c(OC)c1. The summed E-state index contributed by atoms with van der Waals surface area (Å²) in [6.45, 7) is 5.24. The second kappa shape index (κ2) is 8.51. The number of nitrogens with zero attached hydrogens (tertiary/aromatic N) is 1. The molecule has 1 aromatic carbocycles. The lowest BCUT2D eigenvalue weighted by atomic mass is 10.1. The zero-order valence-electron chi connectivity index (χ0n) is 11.0. The van der Waals surface area contributed by atoms with E-state index in [1.807, 2.05) is 12.1 Å². The maximum absolute atomic E-state index is 8.87. The van der Waals surface area contributed by atoms with Crippen molar-refractivity contribution in [2.45, 2.75) is 20.0 Å². The van der Waals surface area contributed by atoms with Crippen LogP contribution in [0.1, 0.15) is 24.5 Å². The first-order valence-electron chi connectivity index (χ1n) is 6.17. The van der Waals surface area contributed by atoms with Gasteiger partial charge in [-0.05, 0) is 30.7 Å². The first-order valence-corrected chi connectivity index (χ1v) is 6.17. The molecule has 0 fully saturated rings. The smallest absolute Gasteiger partial charge is 0.136 e. The molecule has 4 nitrogen and oxygen atoms in total. The van der Waals surface area contributed by atoms with Gasteiger partial charge in [0.05, 0.1) is 25.9 Å². The van der Waals surface area contributed by atoms with Crippen LogP contribution in [0.4, 0.5) is 0 Å². The lowest BCUT2D eigenvalue weighted by Gasteiger charge is -2.08. The molecule has 0 unspecified atom stereocenters. The van der Waals surface area contributed by atoms with Crippen LogP contribution < -0.4 is 10.1 Å². The Morgan fingerprint density at radius 2 is 2.17 bits per heavy atom. The number of rotatable bonds is 8. The Bertz CT molecular complexity index is 399. The summed E-state index contributed by atoms with van der Waals surface area (Å²) in [5.41, 5.74) is 1.56. The Kier molecular flexibility index (Phi) is 6.85. The van der Waals surface area contributed by atoms with Gasteiger partial charge in [0, 0.05) is 6.54 Å². The van der Waals surface area contributed by atoms with Crippen molar-refractivity contribution in [1.82, 2.24) is 5.32 Å². The zero-order valence-corrected chi connectivity index (χ0v) is 11.0. The van der Waals surface area contributed by atoms with Crippen molar-refractivity contribution in [3.05, 3.63) is 29.3 Å². The molecule has 0 saturated heterocycles. The van der Waals surface area contributed by atoms with Gasteiger partial charge in [-0.15, -0.1) is 0 Å². The predicted molar refractivity (Wildman–Crippen MR) is 70.5 cm³/mol. The summed E-state index contributed by atoms with van der Waals surface area (Å²) in [5.74, 6) is 0.600. The molecule has 0 heterocycles. The zero-order chi connectivity index (χ0) is 13.2. The Morgan fingerprint density at radius 3 is 2.83 bits per heavy atom. The van der Waals surface area contributed by atoms with Crippen LogP contribution in [0.15, 0.2) is 18.2 Å². The first kappa shape index (κ1) is 14.5. The minimum absolute atomic E-state index is 0.538. The van der Waals surface area contributed by atoms with E-state index in [9.17, 15) is 0 Å². The normalized spacial score (nSPS) is 10.1. The second-order valence-electron chi connectivity index (χ2n) is 3.95. The van der Waals surface area contributed by atoms with E-state index in [2.05, 4.69) is 18.3 Å². The van der Waals surface area contributed by atoms with E-state index in [-0.39, 0.29) is 0 Å². The van der Waals surface area contributed by atoms with Crippen LogP contribution in [0.2, 0.25) is 0 Å². The number of nitriles is 1. The molecule has 4 heteroatoms. The van der Waals surface area contributed by atoms with E-state index >= 15 is 0 Å². The number of methoxy groups -OCH3 is 1. The van der Waals surface area contributed by atoms with Crippen molar-refractivity contribution in [2.24, 2.45) is 0 Å². The van der Waals surface area contributed by atoms with Gasteiger partial charge >= 0.3 is 0 Å². The Balaban J connectivity index is 2.37. The minimum atomic E-state index is 0.538. The van der Waals surface area contributed by atoms with Gasteiger partial charge in [-0.25, -0.2) is 0 Å². The van der Waals surface area contributed by atoms with Crippen LogP contribution in [-0.4, -0.2) is 26.8 Å². The molecule has 0 aliphatic rings. The fourth-order valence-electron chi connectivity index (χ4n) is 1.55. The van der Waals surface area contributed by atoms with Crippen LogP contribution >= 0.6 is 0 Å². The van der Waals surface area contributed by atoms with E-state index in [4.69, 9.17) is 14.7 Å². The number of ether oxygens (including phenoxy) is 2. The van der Waals surface area contributed by atoms with E-state index in [0.29, 0.717) is 24.5 Å². The Labute approximate surface area is 109 Å². The van der Waals surface area contributed by atoms with Gasteiger partial charge in [-0.2, -0.15) is 5.26 Å². The fraction of sp³-hybridized carbons (Fsp3) is 0.500. The fourth-order valence-corrected chi connectivity index (χ4v) is 1.55. The molecule has 0 spiro atoms. The van der Waals surface area contributed by atoms with Crippen LogP contribution in [0.5, 0.6) is 5.75 Å². The molecule has 0 saturated carbocycles. The molecular formula is C14H20N2O2. The average Bonchev–Trinajstić information content (AvgIpc) is 2.42. The maximum Gasteiger partial charge on any atom is 0.136 e. The second-order valence-corrected chi connectivity index (χ2v) is 3.95. The summed E-state index contributed by atoms with van der Waals surface area (Å²) in [7, 11) is 1.56. The molecule has 0 bridgehead atoms. The van der Waals surface area contributed by atoms with E-state index in [0.717, 1.165) is 25.1 Å². The van der Waals surface area contributed by atoms with Crippen molar-refractivity contribution in [3.63, 3.8) is 0 Å². The number of benzene rings is 1. The predicted octanol–water partition coefficient (Wildman–Crippen LogP) is 2.08. The van der Waals surface area contributed by atoms with Gasteiger partial charge in [0.15, 0.2) is 0 Å². The third-order valence-electron chi connectivity index (χ3n) is 2.51. The molecule has 1 aromatic rings. The minimum Gasteiger partial charge on any atom is -0.495 e. The van der Waals surface area contributed by atoms with Gasteiger partial charge in [-0.3, -0.25) is 0 Å². The standard InChI is InChI=1S/C14H20N2O2/c1-3-6-16-7-8-18-11-12-4-5-13(10-15)14(9-12)17-2/h4-5,9,16H,3,6-8,11H2,1-2H3. The third-order valence-corrected chi connectivity index (χ3v) is 2.51. The maximum atomic E-state index is 8.87. The molecule has 0 aliphatic heterocycles. The van der Waals surface area contributed by atoms with Gasteiger partial charge in [0.2, 0.25) is 0 Å². The molecular weight excluding hydrogens is 228 g/mol. The van der Waals surface area contributed by atoms with Crippen LogP contribution in [0.3, 0.4) is 0 Å². The molecule has 0 aromatic heterocycles. The summed E-state index contributed by atoms with van der Waals surface area (Å²) >= 11 is 0. The van der Waals surface area contributed by atoms with Crippen LogP contribution in [0.25, 0.3) is 0 Å². The summed E-state index contributed by atoms with van der Waals surface area (Å²) in [6, 6.07) is 7.58. The van der Waals surface area contributed by atoms with E-state index in [1.165, 1.54) is 0 Å². The van der Waals surface area contributed by atoms with Gasteiger partial charge in [-0.1, -0.05) is 13.0 Å². The molecule has 1 N–H and O–H groups in total. The van der Waals surface area contributed by atoms with Crippen molar-refractivity contribution in [3.8, 4) is 11.8 Å². The highest BCUT2D eigenvalue weighted by molar-refractivity contribution is 5.45.